The van der Waals surface area contributed by atoms with Gasteiger partial charge in [0.25, 0.3) is 5.91 Å². The predicted octanol–water partition coefficient (Wildman–Crippen LogP) is 3.71. The molecule has 160 valence electrons. The third-order valence-corrected chi connectivity index (χ3v) is 4.99. The lowest BCUT2D eigenvalue weighted by molar-refractivity contribution is 0.0934. The number of aryl methyl sites for hydroxylation is 2. The fourth-order valence-electron chi connectivity index (χ4n) is 3.37. The maximum atomic E-state index is 12.8. The van der Waals surface area contributed by atoms with Crippen LogP contribution in [0.5, 0.6) is 11.5 Å². The monoisotopic (exact) mass is 411 g/mol. The second-order valence-corrected chi connectivity index (χ2v) is 7.61. The van der Waals surface area contributed by atoms with Crippen LogP contribution in [0.15, 0.2) is 24.3 Å². The van der Waals surface area contributed by atoms with Crippen LogP contribution in [-0.4, -0.2) is 39.1 Å². The summed E-state index contributed by atoms with van der Waals surface area (Å²) in [4.78, 5) is 12.8. The lowest BCUT2D eigenvalue weighted by Crippen LogP contribution is -2.27. The Morgan fingerprint density at radius 1 is 1.17 bits per heavy atom. The zero-order valence-electron chi connectivity index (χ0n) is 18.5. The molecule has 0 fully saturated rings. The number of hydrogen-bond donors (Lipinski definition) is 2. The van der Waals surface area contributed by atoms with Crippen molar-refractivity contribution in [2.24, 2.45) is 7.05 Å². The van der Waals surface area contributed by atoms with Gasteiger partial charge in [0.05, 0.1) is 30.6 Å². The number of aromatic nitrogens is 4. The van der Waals surface area contributed by atoms with E-state index in [-0.39, 0.29) is 18.1 Å². The maximum absolute atomic E-state index is 12.8. The Balaban J connectivity index is 1.76. The number of benzene rings is 1. The quantitative estimate of drug-likeness (QED) is 0.618. The number of amides is 1. The first-order chi connectivity index (χ1) is 14.2. The zero-order valence-corrected chi connectivity index (χ0v) is 18.5. The smallest absolute Gasteiger partial charge is 0.269 e. The van der Waals surface area contributed by atoms with Crippen molar-refractivity contribution in [1.29, 1.82) is 0 Å². The van der Waals surface area contributed by atoms with Gasteiger partial charge in [-0.15, -0.1) is 0 Å². The summed E-state index contributed by atoms with van der Waals surface area (Å²) in [5.41, 5.74) is 4.81. The Kier molecular flexibility index (Phi) is 6.14. The summed E-state index contributed by atoms with van der Waals surface area (Å²) in [6.07, 6.45) is 0.0449. The SMILES string of the molecule is COc1cc(C(C)NC(=O)c2cc(-c3c(C)nn(C)c3C)n[nH]2)ccc1OC(C)C. The molecule has 0 bridgehead atoms. The first kappa shape index (κ1) is 21.4. The van der Waals surface area contributed by atoms with Crippen molar-refractivity contribution in [3.63, 3.8) is 0 Å². The van der Waals surface area contributed by atoms with Crippen molar-refractivity contribution in [3.05, 3.63) is 46.9 Å². The molecule has 2 N–H and O–H groups in total. The van der Waals surface area contributed by atoms with Crippen molar-refractivity contribution in [2.45, 2.75) is 46.8 Å². The number of nitrogens with one attached hydrogen (secondary N) is 2. The van der Waals surface area contributed by atoms with E-state index in [2.05, 4.69) is 20.6 Å². The highest BCUT2D eigenvalue weighted by atomic mass is 16.5. The summed E-state index contributed by atoms with van der Waals surface area (Å²) in [6, 6.07) is 7.18. The van der Waals surface area contributed by atoms with Crippen LogP contribution >= 0.6 is 0 Å². The molecule has 1 atom stereocenters. The average molecular weight is 412 g/mol. The number of methoxy groups -OCH3 is 1. The number of hydrogen-bond acceptors (Lipinski definition) is 5. The van der Waals surface area contributed by atoms with E-state index in [0.717, 1.165) is 22.5 Å². The molecule has 2 aromatic heterocycles. The van der Waals surface area contributed by atoms with Crippen LogP contribution in [0.4, 0.5) is 0 Å². The van der Waals surface area contributed by atoms with Crippen LogP contribution in [0.2, 0.25) is 0 Å². The van der Waals surface area contributed by atoms with Gasteiger partial charge in [-0.1, -0.05) is 6.07 Å². The molecule has 2 heterocycles. The standard InChI is InChI=1S/C22H29N5O3/c1-12(2)30-19-9-8-16(10-20(19)29-7)13(3)23-22(28)18-11-17(24-25-18)21-14(4)26-27(6)15(21)5/h8-13H,1-7H3,(H,23,28)(H,24,25). The Morgan fingerprint density at radius 2 is 1.90 bits per heavy atom. The van der Waals surface area contributed by atoms with Gasteiger partial charge in [-0.2, -0.15) is 10.2 Å². The lowest BCUT2D eigenvalue weighted by atomic mass is 10.1. The van der Waals surface area contributed by atoms with E-state index in [1.54, 1.807) is 17.9 Å². The number of H-pyrrole nitrogens is 1. The van der Waals surface area contributed by atoms with Gasteiger partial charge in [0.1, 0.15) is 5.69 Å². The van der Waals surface area contributed by atoms with Gasteiger partial charge in [0.2, 0.25) is 0 Å². The van der Waals surface area contributed by atoms with Crippen molar-refractivity contribution in [1.82, 2.24) is 25.3 Å². The third kappa shape index (κ3) is 4.32. The largest absolute Gasteiger partial charge is 0.493 e. The van der Waals surface area contributed by atoms with Crippen molar-refractivity contribution >= 4 is 5.91 Å². The fraction of sp³-hybridized carbons (Fsp3) is 0.409. The molecule has 3 aromatic rings. The number of carbonyl (C=O) groups is 1. The predicted molar refractivity (Wildman–Crippen MR) is 115 cm³/mol. The Hall–Kier alpha value is -3.29. The molecule has 0 radical (unpaired) electrons. The molecule has 30 heavy (non-hydrogen) atoms. The van der Waals surface area contributed by atoms with Crippen LogP contribution < -0.4 is 14.8 Å². The van der Waals surface area contributed by atoms with Crippen LogP contribution in [0.1, 0.15) is 54.3 Å². The van der Waals surface area contributed by atoms with Gasteiger partial charge in [-0.25, -0.2) is 0 Å². The Bertz CT molecular complexity index is 1050. The number of carbonyl (C=O) groups excluding carboxylic acids is 1. The average Bonchev–Trinajstić information content (AvgIpc) is 3.26. The molecule has 3 rings (SSSR count). The molecule has 1 amide bonds. The molecule has 8 heteroatoms. The summed E-state index contributed by atoms with van der Waals surface area (Å²) in [6.45, 7) is 9.75. The molecular formula is C22H29N5O3. The van der Waals surface area contributed by atoms with Crippen molar-refractivity contribution in [2.75, 3.05) is 7.11 Å². The van der Waals surface area contributed by atoms with Crippen LogP contribution in [0.3, 0.4) is 0 Å². The van der Waals surface area contributed by atoms with Crippen molar-refractivity contribution in [3.8, 4) is 22.8 Å². The van der Waals surface area contributed by atoms with Gasteiger partial charge in [-0.05, 0) is 58.4 Å². The summed E-state index contributed by atoms with van der Waals surface area (Å²) < 4.78 is 13.0. The number of nitrogens with zero attached hydrogens (tertiary/aromatic N) is 3. The Labute approximate surface area is 176 Å². The van der Waals surface area contributed by atoms with E-state index in [9.17, 15) is 4.79 Å². The summed E-state index contributed by atoms with van der Waals surface area (Å²) in [5, 5.41) is 14.6. The molecule has 1 unspecified atom stereocenters. The zero-order chi connectivity index (χ0) is 22.0. The summed E-state index contributed by atoms with van der Waals surface area (Å²) >= 11 is 0. The highest BCUT2D eigenvalue weighted by Gasteiger charge is 2.19. The molecular weight excluding hydrogens is 382 g/mol. The molecule has 1 aromatic carbocycles. The highest BCUT2D eigenvalue weighted by Crippen LogP contribution is 2.31. The van der Waals surface area contributed by atoms with Crippen LogP contribution in [0, 0.1) is 13.8 Å². The molecule has 0 aliphatic carbocycles. The minimum absolute atomic E-state index is 0.0449. The Morgan fingerprint density at radius 3 is 2.50 bits per heavy atom. The molecule has 0 aliphatic rings. The van der Waals surface area contributed by atoms with Gasteiger partial charge in [-0.3, -0.25) is 14.6 Å². The summed E-state index contributed by atoms with van der Waals surface area (Å²) in [7, 11) is 3.49. The van der Waals surface area contributed by atoms with E-state index in [4.69, 9.17) is 9.47 Å². The molecule has 0 aliphatic heterocycles. The van der Waals surface area contributed by atoms with E-state index in [1.807, 2.05) is 59.9 Å². The summed E-state index contributed by atoms with van der Waals surface area (Å²) in [5.74, 6) is 1.07. The number of aromatic amines is 1. The third-order valence-electron chi connectivity index (χ3n) is 4.99. The molecule has 0 saturated heterocycles. The van der Waals surface area contributed by atoms with Crippen LogP contribution in [0.25, 0.3) is 11.3 Å². The van der Waals surface area contributed by atoms with Gasteiger partial charge in [0, 0.05) is 18.3 Å². The normalized spacial score (nSPS) is 12.1. The van der Waals surface area contributed by atoms with Crippen molar-refractivity contribution < 1.29 is 14.3 Å². The van der Waals surface area contributed by atoms with E-state index >= 15 is 0 Å². The molecule has 0 saturated carbocycles. The van der Waals surface area contributed by atoms with E-state index in [1.165, 1.54) is 0 Å². The van der Waals surface area contributed by atoms with Gasteiger partial charge in [0.15, 0.2) is 11.5 Å². The van der Waals surface area contributed by atoms with E-state index < -0.39 is 0 Å². The number of rotatable bonds is 7. The lowest BCUT2D eigenvalue weighted by Gasteiger charge is -2.18. The topological polar surface area (TPSA) is 94.1 Å². The molecule has 0 spiro atoms. The minimum atomic E-state index is -0.234. The fourth-order valence-corrected chi connectivity index (χ4v) is 3.37. The van der Waals surface area contributed by atoms with E-state index in [0.29, 0.717) is 22.9 Å². The van der Waals surface area contributed by atoms with Gasteiger partial charge < -0.3 is 14.8 Å². The second-order valence-electron chi connectivity index (χ2n) is 7.61. The van der Waals surface area contributed by atoms with Crippen LogP contribution in [-0.2, 0) is 7.05 Å². The second kappa shape index (κ2) is 8.61. The minimum Gasteiger partial charge on any atom is -0.493 e. The number of ether oxygens (including phenoxy) is 2. The first-order valence-electron chi connectivity index (χ1n) is 9.92. The van der Waals surface area contributed by atoms with Gasteiger partial charge >= 0.3 is 0 Å². The maximum Gasteiger partial charge on any atom is 0.269 e. The molecule has 8 nitrogen and oxygen atoms in total. The highest BCUT2D eigenvalue weighted by molar-refractivity contribution is 5.93. The first-order valence-corrected chi connectivity index (χ1v) is 9.92.